The predicted molar refractivity (Wildman–Crippen MR) is 98.7 cm³/mol. The average Bonchev–Trinajstić information content (AvgIpc) is 3.21. The van der Waals surface area contributed by atoms with Crippen molar-refractivity contribution in [3.63, 3.8) is 0 Å². The quantitative estimate of drug-likeness (QED) is 0.632. The number of furan rings is 1. The van der Waals surface area contributed by atoms with E-state index in [4.69, 9.17) is 4.42 Å². The topological polar surface area (TPSA) is 52.8 Å². The summed E-state index contributed by atoms with van der Waals surface area (Å²) in [4.78, 5) is 6.75. The van der Waals surface area contributed by atoms with Crippen molar-refractivity contribution in [2.75, 3.05) is 31.6 Å². The second-order valence-corrected chi connectivity index (χ2v) is 6.13. The van der Waals surface area contributed by atoms with Crippen LogP contribution in [0.5, 0.6) is 0 Å². The molecule has 0 fully saturated rings. The molecule has 2 heterocycles. The highest BCUT2D eigenvalue weighted by Crippen LogP contribution is 2.31. The Morgan fingerprint density at radius 1 is 1.21 bits per heavy atom. The van der Waals surface area contributed by atoms with Gasteiger partial charge in [-0.3, -0.25) is 4.99 Å². The summed E-state index contributed by atoms with van der Waals surface area (Å²) >= 11 is 0. The summed E-state index contributed by atoms with van der Waals surface area (Å²) < 4.78 is 5.34. The van der Waals surface area contributed by atoms with Crippen LogP contribution in [0.3, 0.4) is 0 Å². The molecule has 0 bridgehead atoms. The minimum atomic E-state index is 0.554. The summed E-state index contributed by atoms with van der Waals surface area (Å²) in [5.41, 5.74) is 2.82. The number of benzene rings is 1. The Morgan fingerprint density at radius 3 is 2.83 bits per heavy atom. The van der Waals surface area contributed by atoms with Crippen molar-refractivity contribution in [3.05, 3.63) is 54.0 Å². The van der Waals surface area contributed by atoms with E-state index in [-0.39, 0.29) is 0 Å². The molecule has 3 rings (SSSR count). The lowest BCUT2D eigenvalue weighted by atomic mass is 10.1. The van der Waals surface area contributed by atoms with Crippen LogP contribution >= 0.6 is 0 Å². The molecule has 1 aromatic heterocycles. The normalized spacial score (nSPS) is 17.0. The second-order valence-electron chi connectivity index (χ2n) is 6.13. The SMILES string of the molecule is CN=C(NCCc1ccco1)NCCN1c2ccccc2CC1C. The first-order chi connectivity index (χ1) is 11.8. The van der Waals surface area contributed by atoms with Crippen LogP contribution in [0.2, 0.25) is 0 Å². The van der Waals surface area contributed by atoms with Crippen molar-refractivity contribution < 1.29 is 4.42 Å². The lowest BCUT2D eigenvalue weighted by Crippen LogP contribution is -2.43. The molecule has 2 N–H and O–H groups in total. The van der Waals surface area contributed by atoms with E-state index in [9.17, 15) is 0 Å². The number of nitrogens with one attached hydrogen (secondary N) is 2. The highest BCUT2D eigenvalue weighted by atomic mass is 16.3. The van der Waals surface area contributed by atoms with Crippen LogP contribution in [-0.2, 0) is 12.8 Å². The Morgan fingerprint density at radius 2 is 2.04 bits per heavy atom. The Balaban J connectivity index is 1.43. The molecule has 1 aromatic carbocycles. The number of hydrogen-bond acceptors (Lipinski definition) is 3. The summed E-state index contributed by atoms with van der Waals surface area (Å²) in [7, 11) is 1.80. The molecule has 2 aromatic rings. The van der Waals surface area contributed by atoms with Gasteiger partial charge < -0.3 is 20.0 Å². The Labute approximate surface area is 143 Å². The van der Waals surface area contributed by atoms with E-state index < -0.39 is 0 Å². The van der Waals surface area contributed by atoms with Gasteiger partial charge >= 0.3 is 0 Å². The molecule has 0 radical (unpaired) electrons. The number of nitrogens with zero attached hydrogens (tertiary/aromatic N) is 2. The third-order valence-corrected chi connectivity index (χ3v) is 4.46. The highest BCUT2D eigenvalue weighted by Gasteiger charge is 2.24. The maximum atomic E-state index is 5.34. The van der Waals surface area contributed by atoms with Crippen molar-refractivity contribution in [2.45, 2.75) is 25.8 Å². The van der Waals surface area contributed by atoms with Crippen LogP contribution in [0.4, 0.5) is 5.69 Å². The van der Waals surface area contributed by atoms with E-state index in [0.717, 1.165) is 44.2 Å². The van der Waals surface area contributed by atoms with Gasteiger partial charge in [0.1, 0.15) is 5.76 Å². The van der Waals surface area contributed by atoms with Crippen LogP contribution in [0.1, 0.15) is 18.2 Å². The molecule has 1 aliphatic heterocycles. The van der Waals surface area contributed by atoms with Gasteiger partial charge in [-0.1, -0.05) is 18.2 Å². The van der Waals surface area contributed by atoms with Gasteiger partial charge in [0.25, 0.3) is 0 Å². The van der Waals surface area contributed by atoms with Gasteiger partial charge in [0.15, 0.2) is 5.96 Å². The first-order valence-electron chi connectivity index (χ1n) is 8.59. The lowest BCUT2D eigenvalue weighted by Gasteiger charge is -2.25. The zero-order valence-electron chi connectivity index (χ0n) is 14.5. The van der Waals surface area contributed by atoms with Crippen molar-refractivity contribution in [2.24, 2.45) is 4.99 Å². The molecule has 0 saturated heterocycles. The molecule has 24 heavy (non-hydrogen) atoms. The molecule has 128 valence electrons. The van der Waals surface area contributed by atoms with Crippen molar-refractivity contribution in [1.82, 2.24) is 10.6 Å². The molecule has 5 heteroatoms. The first-order valence-corrected chi connectivity index (χ1v) is 8.59. The standard InChI is InChI=1S/C19H26N4O/c1-15-14-16-6-3-4-8-18(16)23(15)12-11-22-19(20-2)21-10-9-17-7-5-13-24-17/h3-8,13,15H,9-12,14H2,1-2H3,(H2,20,21,22). The lowest BCUT2D eigenvalue weighted by molar-refractivity contribution is 0.506. The number of rotatable bonds is 6. The Hall–Kier alpha value is -2.43. The fourth-order valence-corrected chi connectivity index (χ4v) is 3.24. The molecule has 0 saturated carbocycles. The summed E-state index contributed by atoms with van der Waals surface area (Å²) in [6.45, 7) is 4.92. The third-order valence-electron chi connectivity index (χ3n) is 4.46. The summed E-state index contributed by atoms with van der Waals surface area (Å²) in [6.07, 6.45) is 3.69. The maximum absolute atomic E-state index is 5.34. The molecule has 1 unspecified atom stereocenters. The smallest absolute Gasteiger partial charge is 0.191 e. The Bertz CT molecular complexity index is 666. The van der Waals surface area contributed by atoms with Crippen LogP contribution in [0.25, 0.3) is 0 Å². The van der Waals surface area contributed by atoms with Gasteiger partial charge in [-0.2, -0.15) is 0 Å². The number of fused-ring (bicyclic) bond motifs is 1. The largest absolute Gasteiger partial charge is 0.469 e. The minimum Gasteiger partial charge on any atom is -0.469 e. The van der Waals surface area contributed by atoms with E-state index >= 15 is 0 Å². The fourth-order valence-electron chi connectivity index (χ4n) is 3.24. The maximum Gasteiger partial charge on any atom is 0.191 e. The van der Waals surface area contributed by atoms with Gasteiger partial charge in [0.2, 0.25) is 0 Å². The minimum absolute atomic E-state index is 0.554. The summed E-state index contributed by atoms with van der Waals surface area (Å²) in [6, 6.07) is 13.1. The molecular weight excluding hydrogens is 300 g/mol. The molecular formula is C19H26N4O. The summed E-state index contributed by atoms with van der Waals surface area (Å²) in [5, 5.41) is 6.72. The van der Waals surface area contributed by atoms with Crippen LogP contribution in [-0.4, -0.2) is 38.7 Å². The molecule has 0 amide bonds. The van der Waals surface area contributed by atoms with Crippen molar-refractivity contribution in [3.8, 4) is 0 Å². The van der Waals surface area contributed by atoms with Crippen molar-refractivity contribution >= 4 is 11.6 Å². The zero-order valence-corrected chi connectivity index (χ0v) is 14.5. The van der Waals surface area contributed by atoms with E-state index in [1.165, 1.54) is 11.3 Å². The van der Waals surface area contributed by atoms with Crippen molar-refractivity contribution in [1.29, 1.82) is 0 Å². The fraction of sp³-hybridized carbons (Fsp3) is 0.421. The van der Waals surface area contributed by atoms with Gasteiger partial charge in [0, 0.05) is 44.8 Å². The zero-order chi connectivity index (χ0) is 16.8. The highest BCUT2D eigenvalue weighted by molar-refractivity contribution is 5.79. The van der Waals surface area contributed by atoms with Crippen LogP contribution in [0, 0.1) is 0 Å². The monoisotopic (exact) mass is 326 g/mol. The molecule has 1 aliphatic rings. The average molecular weight is 326 g/mol. The number of hydrogen-bond donors (Lipinski definition) is 2. The second kappa shape index (κ2) is 7.90. The number of guanidine groups is 1. The first kappa shape index (κ1) is 16.4. The van der Waals surface area contributed by atoms with E-state index in [2.05, 4.69) is 51.7 Å². The van der Waals surface area contributed by atoms with Gasteiger partial charge in [0.05, 0.1) is 6.26 Å². The molecule has 5 nitrogen and oxygen atoms in total. The third kappa shape index (κ3) is 3.91. The van der Waals surface area contributed by atoms with Crippen LogP contribution < -0.4 is 15.5 Å². The van der Waals surface area contributed by atoms with Gasteiger partial charge in [-0.05, 0) is 37.1 Å². The number of anilines is 1. The van der Waals surface area contributed by atoms with Gasteiger partial charge in [-0.25, -0.2) is 0 Å². The van der Waals surface area contributed by atoms with E-state index in [1.807, 2.05) is 12.1 Å². The summed E-state index contributed by atoms with van der Waals surface area (Å²) in [5.74, 6) is 1.82. The van der Waals surface area contributed by atoms with Crippen LogP contribution in [0.15, 0.2) is 52.1 Å². The molecule has 0 aliphatic carbocycles. The number of para-hydroxylation sites is 1. The van der Waals surface area contributed by atoms with E-state index in [1.54, 1.807) is 13.3 Å². The number of aliphatic imine (C=N–C) groups is 1. The van der Waals surface area contributed by atoms with E-state index in [0.29, 0.717) is 6.04 Å². The molecule has 0 spiro atoms. The molecule has 1 atom stereocenters. The predicted octanol–water partition coefficient (Wildman–Crippen LogP) is 2.44. The Kier molecular flexibility index (Phi) is 5.41. The van der Waals surface area contributed by atoms with Gasteiger partial charge in [-0.15, -0.1) is 0 Å².